The molecule has 78 valence electrons. The summed E-state index contributed by atoms with van der Waals surface area (Å²) in [7, 11) is 0.424. The van der Waals surface area contributed by atoms with Crippen LogP contribution in [0.4, 0.5) is 0 Å². The summed E-state index contributed by atoms with van der Waals surface area (Å²) in [6, 6.07) is 1.05. The van der Waals surface area contributed by atoms with Gasteiger partial charge < -0.3 is 9.93 Å². The highest BCUT2D eigenvalue weighted by Crippen LogP contribution is 2.25. The van der Waals surface area contributed by atoms with Gasteiger partial charge in [0.2, 0.25) is 0 Å². The quantitative estimate of drug-likeness (QED) is 0.393. The minimum absolute atomic E-state index is 0.424. The van der Waals surface area contributed by atoms with E-state index in [2.05, 4.69) is 32.4 Å². The molecule has 0 aromatic carbocycles. The van der Waals surface area contributed by atoms with Crippen LogP contribution in [0, 0.1) is 5.41 Å². The van der Waals surface area contributed by atoms with Gasteiger partial charge in [0.15, 0.2) is 0 Å². The summed E-state index contributed by atoms with van der Waals surface area (Å²) in [5, 5.41) is 6.84. The van der Waals surface area contributed by atoms with Crippen LogP contribution in [0.15, 0.2) is 0 Å². The largest absolute Gasteiger partial charge is 0.346 e. The molecule has 1 unspecified atom stereocenters. The summed E-state index contributed by atoms with van der Waals surface area (Å²) in [5.74, 6) is 0. The number of nitrogens with one attached hydrogen (secondary N) is 1. The monoisotopic (exact) mass is 204 g/mol. The zero-order chi connectivity index (χ0) is 10.3. The van der Waals surface area contributed by atoms with Crippen LogP contribution >= 0.6 is 8.96 Å². The van der Waals surface area contributed by atoms with Crippen LogP contribution in [0.5, 0.6) is 0 Å². The first-order valence-corrected chi connectivity index (χ1v) is 5.59. The fourth-order valence-corrected chi connectivity index (χ4v) is 1.82. The van der Waals surface area contributed by atoms with Crippen LogP contribution < -0.4 is 0 Å². The molecule has 1 atom stereocenters. The van der Waals surface area contributed by atoms with Crippen LogP contribution in [0.2, 0.25) is 0 Å². The second kappa shape index (κ2) is 7.43. The maximum atomic E-state index is 6.84. The smallest absolute Gasteiger partial charge is 0.0894 e. The van der Waals surface area contributed by atoms with Crippen molar-refractivity contribution in [3.8, 4) is 0 Å². The molecule has 0 saturated carbocycles. The Morgan fingerprint density at radius 3 is 2.23 bits per heavy atom. The highest BCUT2D eigenvalue weighted by molar-refractivity contribution is 7.29. The van der Waals surface area contributed by atoms with E-state index in [1.165, 1.54) is 6.21 Å². The molecule has 0 saturated heterocycles. The molecule has 0 aromatic rings. The van der Waals surface area contributed by atoms with Crippen molar-refractivity contribution in [1.29, 1.82) is 5.41 Å². The molecule has 3 nitrogen and oxygen atoms in total. The van der Waals surface area contributed by atoms with Gasteiger partial charge in [-0.25, -0.2) is 0 Å². The third-order valence-corrected chi connectivity index (χ3v) is 3.22. The lowest BCUT2D eigenvalue weighted by atomic mass is 10.3. The van der Waals surface area contributed by atoms with Gasteiger partial charge in [-0.05, 0) is 33.9 Å². The minimum atomic E-state index is 0.424. The lowest BCUT2D eigenvalue weighted by molar-refractivity contribution is 0.271. The molecule has 0 aromatic heterocycles. The average Bonchev–Trinajstić information content (AvgIpc) is 2.02. The summed E-state index contributed by atoms with van der Waals surface area (Å²) in [6.07, 6.45) is 2.11. The second-order valence-electron chi connectivity index (χ2n) is 3.53. The first kappa shape index (κ1) is 13.0. The number of rotatable bonds is 7. The molecule has 0 rings (SSSR count). The second-order valence-corrected chi connectivity index (χ2v) is 4.51. The van der Waals surface area contributed by atoms with Crippen molar-refractivity contribution in [3.05, 3.63) is 0 Å². The van der Waals surface area contributed by atoms with Gasteiger partial charge in [0.05, 0.1) is 15.6 Å². The van der Waals surface area contributed by atoms with Crippen molar-refractivity contribution in [2.24, 2.45) is 0 Å². The SMILES string of the molecule is CC(C)N(POCCC=N)C(C)C. The van der Waals surface area contributed by atoms with Crippen LogP contribution in [-0.2, 0) is 4.52 Å². The van der Waals surface area contributed by atoms with E-state index in [0.717, 1.165) is 6.42 Å². The molecule has 0 aliphatic carbocycles. The van der Waals surface area contributed by atoms with E-state index < -0.39 is 0 Å². The van der Waals surface area contributed by atoms with Gasteiger partial charge in [-0.3, -0.25) is 4.67 Å². The molecular weight excluding hydrogens is 183 g/mol. The highest BCUT2D eigenvalue weighted by atomic mass is 31.1. The van der Waals surface area contributed by atoms with Crippen molar-refractivity contribution < 1.29 is 4.52 Å². The van der Waals surface area contributed by atoms with E-state index in [9.17, 15) is 0 Å². The standard InChI is InChI=1S/C9H21N2OP/c1-8(2)11(9(3)4)13-12-7-5-6-10/h6,8-10,13H,5,7H2,1-4H3. The van der Waals surface area contributed by atoms with Gasteiger partial charge >= 0.3 is 0 Å². The zero-order valence-electron chi connectivity index (χ0n) is 9.00. The molecule has 0 radical (unpaired) electrons. The van der Waals surface area contributed by atoms with Gasteiger partial charge in [0, 0.05) is 18.5 Å². The van der Waals surface area contributed by atoms with Crippen LogP contribution in [-0.4, -0.2) is 29.6 Å². The molecule has 4 heteroatoms. The predicted octanol–water partition coefficient (Wildman–Crippen LogP) is 2.67. The Bertz CT molecular complexity index is 132. The molecule has 0 amide bonds. The Kier molecular flexibility index (Phi) is 7.44. The molecule has 1 N–H and O–H groups in total. The summed E-state index contributed by atoms with van der Waals surface area (Å²) >= 11 is 0. The lowest BCUT2D eigenvalue weighted by Crippen LogP contribution is -2.29. The molecule has 0 bridgehead atoms. The fourth-order valence-electron chi connectivity index (χ4n) is 1.05. The Morgan fingerprint density at radius 1 is 1.31 bits per heavy atom. The predicted molar refractivity (Wildman–Crippen MR) is 59.8 cm³/mol. The van der Waals surface area contributed by atoms with E-state index >= 15 is 0 Å². The first-order valence-electron chi connectivity index (χ1n) is 4.74. The van der Waals surface area contributed by atoms with Gasteiger partial charge in [-0.2, -0.15) is 0 Å². The summed E-state index contributed by atoms with van der Waals surface area (Å²) in [5.41, 5.74) is 0. The van der Waals surface area contributed by atoms with Crippen molar-refractivity contribution >= 4 is 15.2 Å². The van der Waals surface area contributed by atoms with E-state index in [0.29, 0.717) is 27.6 Å². The van der Waals surface area contributed by atoms with E-state index in [4.69, 9.17) is 9.93 Å². The first-order chi connectivity index (χ1) is 6.09. The Labute approximate surface area is 83.3 Å². The maximum absolute atomic E-state index is 6.84. The average molecular weight is 204 g/mol. The summed E-state index contributed by atoms with van der Waals surface area (Å²) in [6.45, 7) is 9.36. The Morgan fingerprint density at radius 2 is 1.85 bits per heavy atom. The van der Waals surface area contributed by atoms with Crippen LogP contribution in [0.3, 0.4) is 0 Å². The van der Waals surface area contributed by atoms with Gasteiger partial charge in [0.25, 0.3) is 0 Å². The summed E-state index contributed by atoms with van der Waals surface area (Å²) in [4.78, 5) is 0. The van der Waals surface area contributed by atoms with Gasteiger partial charge in [-0.1, -0.05) is 0 Å². The third-order valence-electron chi connectivity index (χ3n) is 1.65. The molecular formula is C9H21N2OP. The van der Waals surface area contributed by atoms with Crippen molar-refractivity contribution in [1.82, 2.24) is 4.67 Å². The van der Waals surface area contributed by atoms with Crippen molar-refractivity contribution in [3.63, 3.8) is 0 Å². The Hall–Kier alpha value is 0.0200. The van der Waals surface area contributed by atoms with Crippen molar-refractivity contribution in [2.75, 3.05) is 6.61 Å². The lowest BCUT2D eigenvalue weighted by Gasteiger charge is -2.29. The van der Waals surface area contributed by atoms with E-state index in [-0.39, 0.29) is 0 Å². The van der Waals surface area contributed by atoms with Gasteiger partial charge in [0.1, 0.15) is 0 Å². The van der Waals surface area contributed by atoms with Crippen molar-refractivity contribution in [2.45, 2.75) is 46.2 Å². The fraction of sp³-hybridized carbons (Fsp3) is 0.889. The third kappa shape index (κ3) is 6.14. The highest BCUT2D eigenvalue weighted by Gasteiger charge is 2.12. The molecule has 0 heterocycles. The van der Waals surface area contributed by atoms with Gasteiger partial charge in [-0.15, -0.1) is 0 Å². The number of nitrogens with zero attached hydrogens (tertiary/aromatic N) is 1. The normalized spacial score (nSPS) is 12.5. The molecule has 0 fully saturated rings. The zero-order valence-corrected chi connectivity index (χ0v) is 10.0. The summed E-state index contributed by atoms with van der Waals surface area (Å²) < 4.78 is 7.77. The minimum Gasteiger partial charge on any atom is -0.346 e. The molecule has 0 spiro atoms. The topological polar surface area (TPSA) is 36.3 Å². The number of hydrogen-bond donors (Lipinski definition) is 1. The van der Waals surface area contributed by atoms with Crippen LogP contribution in [0.1, 0.15) is 34.1 Å². The molecule has 13 heavy (non-hydrogen) atoms. The Balaban J connectivity index is 3.63. The molecule has 0 aliphatic heterocycles. The van der Waals surface area contributed by atoms with Crippen LogP contribution in [0.25, 0.3) is 0 Å². The maximum Gasteiger partial charge on any atom is 0.0894 e. The number of hydrogen-bond acceptors (Lipinski definition) is 3. The van der Waals surface area contributed by atoms with E-state index in [1.807, 2.05) is 0 Å². The van der Waals surface area contributed by atoms with E-state index in [1.54, 1.807) is 0 Å². The molecule has 0 aliphatic rings.